The molecule has 1 aromatic carbocycles. The molecule has 27 heavy (non-hydrogen) atoms. The van der Waals surface area contributed by atoms with Gasteiger partial charge in [-0.2, -0.15) is 0 Å². The maximum Gasteiger partial charge on any atom is 0.325 e. The molecule has 4 N–H and O–H groups in total. The van der Waals surface area contributed by atoms with Crippen LogP contribution in [0.2, 0.25) is 0 Å². The molecule has 1 heterocycles. The van der Waals surface area contributed by atoms with Gasteiger partial charge in [-0.15, -0.1) is 11.3 Å². The summed E-state index contributed by atoms with van der Waals surface area (Å²) < 4.78 is 11.0. The topological polar surface area (TPSA) is 83.6 Å². The van der Waals surface area contributed by atoms with Crippen LogP contribution in [-0.2, 0) is 17.4 Å². The molecule has 0 saturated heterocycles. The number of hydrogen-bond donors (Lipinski definition) is 3. The van der Waals surface area contributed by atoms with Gasteiger partial charge in [0.15, 0.2) is 0 Å². The second kappa shape index (κ2) is 10.2. The zero-order chi connectivity index (χ0) is 19.8. The van der Waals surface area contributed by atoms with E-state index in [1.807, 2.05) is 19.1 Å². The van der Waals surface area contributed by atoms with E-state index in [1.165, 1.54) is 10.4 Å². The minimum Gasteiger partial charge on any atom is -0.325 e. The Morgan fingerprint density at radius 2 is 1.85 bits per heavy atom. The lowest BCUT2D eigenvalue weighted by Crippen LogP contribution is -2.37. The summed E-state index contributed by atoms with van der Waals surface area (Å²) in [5.41, 5.74) is 6.95. The van der Waals surface area contributed by atoms with Gasteiger partial charge in [-0.05, 0) is 56.7 Å². The van der Waals surface area contributed by atoms with Crippen LogP contribution in [0.25, 0.3) is 0 Å². The van der Waals surface area contributed by atoms with Crippen LogP contribution in [0.15, 0.2) is 42.5 Å². The third-order valence-electron chi connectivity index (χ3n) is 4.40. The van der Waals surface area contributed by atoms with E-state index < -0.39 is 13.1 Å². The van der Waals surface area contributed by atoms with Crippen molar-refractivity contribution in [3.63, 3.8) is 0 Å². The van der Waals surface area contributed by atoms with Crippen LogP contribution in [0.3, 0.4) is 0 Å². The molecule has 0 fully saturated rings. The number of benzene rings is 1. The second-order valence-electron chi connectivity index (χ2n) is 7.20. The molecule has 0 aliphatic rings. The summed E-state index contributed by atoms with van der Waals surface area (Å²) in [7, 11) is -3.99. The molecule has 146 valence electrons. The highest BCUT2D eigenvalue weighted by atomic mass is 32.1. The van der Waals surface area contributed by atoms with Gasteiger partial charge in [0.2, 0.25) is 0 Å². The van der Waals surface area contributed by atoms with Gasteiger partial charge >= 0.3 is 7.60 Å². The predicted molar refractivity (Wildman–Crippen MR) is 113 cm³/mol. The molecule has 0 aliphatic heterocycles. The zero-order valence-electron chi connectivity index (χ0n) is 15.7. The zero-order valence-corrected chi connectivity index (χ0v) is 17.4. The number of nitrogens with two attached hydrogens (primary N) is 1. The summed E-state index contributed by atoms with van der Waals surface area (Å²) in [6.45, 7) is 1.85. The van der Waals surface area contributed by atoms with Crippen molar-refractivity contribution in [3.05, 3.63) is 57.8 Å². The minimum atomic E-state index is -3.99. The number of thiophene rings is 1. The van der Waals surface area contributed by atoms with Gasteiger partial charge in [0.25, 0.3) is 0 Å². The fourth-order valence-corrected chi connectivity index (χ4v) is 4.37. The van der Waals surface area contributed by atoms with Crippen LogP contribution in [0.5, 0.6) is 0 Å². The Hall–Kier alpha value is -1.41. The fraction of sp³-hybridized carbons (Fsp3) is 0.429. The Kier molecular flexibility index (Phi) is 8.28. The molecule has 1 unspecified atom stereocenters. The highest BCUT2D eigenvalue weighted by Crippen LogP contribution is 2.37. The lowest BCUT2D eigenvalue weighted by Gasteiger charge is -2.24. The fourth-order valence-electron chi connectivity index (χ4n) is 2.69. The first kappa shape index (κ1) is 21.9. The molecule has 0 saturated carbocycles. The van der Waals surface area contributed by atoms with Crippen LogP contribution in [0.1, 0.15) is 47.9 Å². The lowest BCUT2D eigenvalue weighted by molar-refractivity contribution is 0.354. The van der Waals surface area contributed by atoms with E-state index in [4.69, 9.17) is 15.5 Å². The highest BCUT2D eigenvalue weighted by Gasteiger charge is 2.23. The Morgan fingerprint density at radius 1 is 1.11 bits per heavy atom. The van der Waals surface area contributed by atoms with Crippen molar-refractivity contribution in [2.24, 2.45) is 5.73 Å². The number of rotatable bonds is 9. The number of aryl methyl sites for hydroxylation is 2. The van der Waals surface area contributed by atoms with Gasteiger partial charge in [-0.3, -0.25) is 4.57 Å². The van der Waals surface area contributed by atoms with Gasteiger partial charge < -0.3 is 15.5 Å². The van der Waals surface area contributed by atoms with Crippen LogP contribution in [-0.4, -0.2) is 21.5 Å². The summed E-state index contributed by atoms with van der Waals surface area (Å²) in [5, 5.41) is 0. The molecule has 0 spiro atoms. The quantitative estimate of drug-likeness (QED) is 0.329. The Bertz CT molecular complexity index is 815. The Labute approximate surface area is 166 Å². The molecule has 4 nitrogen and oxygen atoms in total. The normalized spacial score (nSPS) is 13.6. The van der Waals surface area contributed by atoms with E-state index in [-0.39, 0.29) is 6.16 Å². The number of unbranched alkanes of at least 4 members (excludes halogenated alkanes) is 1. The smallest absolute Gasteiger partial charge is 0.325 e. The van der Waals surface area contributed by atoms with Crippen molar-refractivity contribution >= 4 is 18.9 Å². The minimum absolute atomic E-state index is 0.163. The van der Waals surface area contributed by atoms with Gasteiger partial charge in [0, 0.05) is 16.8 Å². The monoisotopic (exact) mass is 405 g/mol. The average molecular weight is 406 g/mol. The molecule has 1 aromatic heterocycles. The molecule has 0 bridgehead atoms. The van der Waals surface area contributed by atoms with Crippen LogP contribution < -0.4 is 5.73 Å². The van der Waals surface area contributed by atoms with Gasteiger partial charge in [-0.1, -0.05) is 42.2 Å². The first-order valence-electron chi connectivity index (χ1n) is 9.18. The Balaban J connectivity index is 1.74. The van der Waals surface area contributed by atoms with E-state index >= 15 is 0 Å². The van der Waals surface area contributed by atoms with Crippen molar-refractivity contribution in [1.82, 2.24) is 0 Å². The third kappa shape index (κ3) is 9.37. The third-order valence-corrected chi connectivity index (χ3v) is 6.27. The number of hydrogen-bond acceptors (Lipinski definition) is 3. The van der Waals surface area contributed by atoms with Gasteiger partial charge in [-0.25, -0.2) is 0 Å². The predicted octanol–water partition coefficient (Wildman–Crippen LogP) is 4.34. The molecule has 2 rings (SSSR count). The molecular formula is C21H28NO3PS. The van der Waals surface area contributed by atoms with E-state index in [1.54, 1.807) is 11.3 Å². The maximum atomic E-state index is 11.0. The maximum absolute atomic E-state index is 11.0. The van der Waals surface area contributed by atoms with Gasteiger partial charge in [0.1, 0.15) is 0 Å². The summed E-state index contributed by atoms with van der Waals surface area (Å²) in [4.78, 5) is 20.3. The van der Waals surface area contributed by atoms with E-state index in [0.29, 0.717) is 12.8 Å². The molecule has 0 amide bonds. The average Bonchev–Trinajstić information content (AvgIpc) is 3.07. The molecular weight excluding hydrogens is 377 g/mol. The summed E-state index contributed by atoms with van der Waals surface area (Å²) in [6, 6.07) is 14.5. The first-order chi connectivity index (χ1) is 12.7. The molecule has 0 radical (unpaired) electrons. The van der Waals surface area contributed by atoms with Crippen molar-refractivity contribution in [1.29, 1.82) is 0 Å². The summed E-state index contributed by atoms with van der Waals surface area (Å²) >= 11 is 1.67. The van der Waals surface area contributed by atoms with E-state index in [2.05, 4.69) is 42.2 Å². The van der Waals surface area contributed by atoms with Crippen molar-refractivity contribution in [2.75, 3.05) is 6.16 Å². The van der Waals surface area contributed by atoms with Crippen LogP contribution >= 0.6 is 18.9 Å². The standard InChI is InChI=1S/C21H28NO3PS/c1-21(22,16-17-26(23,24)25)15-14-20-13-12-19(27-20)11-7-3-6-10-18-8-4-2-5-9-18/h2,4-5,8-9,12-13H,3,6,10,14-17,22H2,1H3,(H2,23,24,25). The largest absolute Gasteiger partial charge is 0.325 e. The lowest BCUT2D eigenvalue weighted by atomic mass is 9.94. The molecule has 2 aromatic rings. The van der Waals surface area contributed by atoms with Gasteiger partial charge in [0.05, 0.1) is 11.0 Å². The summed E-state index contributed by atoms with van der Waals surface area (Å²) in [6.07, 6.45) is 4.63. The molecule has 1 atom stereocenters. The van der Waals surface area contributed by atoms with Crippen molar-refractivity contribution in [2.45, 2.75) is 51.0 Å². The second-order valence-corrected chi connectivity index (χ2v) is 10.1. The summed E-state index contributed by atoms with van der Waals surface area (Å²) in [5.74, 6) is 6.47. The van der Waals surface area contributed by atoms with Crippen LogP contribution in [0.4, 0.5) is 0 Å². The van der Waals surface area contributed by atoms with Crippen molar-refractivity contribution in [3.8, 4) is 11.8 Å². The van der Waals surface area contributed by atoms with E-state index in [9.17, 15) is 4.57 Å². The molecule has 6 heteroatoms. The first-order valence-corrected chi connectivity index (χ1v) is 11.8. The van der Waals surface area contributed by atoms with Crippen LogP contribution in [0, 0.1) is 11.8 Å². The highest BCUT2D eigenvalue weighted by molar-refractivity contribution is 7.51. The van der Waals surface area contributed by atoms with E-state index in [0.717, 1.165) is 30.6 Å². The Morgan fingerprint density at radius 3 is 2.56 bits per heavy atom. The SMILES string of the molecule is CC(N)(CCc1ccc(C#CCCCc2ccccc2)s1)CCP(=O)(O)O. The van der Waals surface area contributed by atoms with Crippen molar-refractivity contribution < 1.29 is 14.4 Å². The molecule has 0 aliphatic carbocycles.